The molecule has 0 saturated heterocycles. The molecule has 7 heteroatoms. The fourth-order valence-electron chi connectivity index (χ4n) is 0.756. The van der Waals surface area contributed by atoms with Crippen molar-refractivity contribution in [1.29, 1.82) is 0 Å². The van der Waals surface area contributed by atoms with Crippen LogP contribution < -0.4 is 0 Å². The first-order chi connectivity index (χ1) is 10.3. The van der Waals surface area contributed by atoms with Gasteiger partial charge in [0, 0.05) is 27.1 Å². The average molecular weight is 324 g/mol. The molecular weight excluding hydrogens is 292 g/mol. The molecule has 1 unspecified atom stereocenters. The Morgan fingerprint density at radius 3 is 1.59 bits per heavy atom. The number of carbonyl (C=O) groups is 2. The fraction of sp³-hybridized carbons (Fsp3) is 0.733. The first-order valence-corrected chi connectivity index (χ1v) is 6.95. The van der Waals surface area contributed by atoms with E-state index in [-0.39, 0.29) is 37.9 Å². The molecule has 0 aliphatic heterocycles. The van der Waals surface area contributed by atoms with Crippen molar-refractivity contribution in [3.8, 4) is 0 Å². The Labute approximate surface area is 133 Å². The van der Waals surface area contributed by atoms with Gasteiger partial charge in [0.05, 0.1) is 13.2 Å². The summed E-state index contributed by atoms with van der Waals surface area (Å²) >= 11 is 0. The van der Waals surface area contributed by atoms with Gasteiger partial charge in [-0.25, -0.2) is 0 Å². The SMILES string of the molecule is C=C.CC(=O)OCC(C)OC(C)=O.CCOCC.OCCO. The van der Waals surface area contributed by atoms with Crippen molar-refractivity contribution in [2.45, 2.75) is 40.7 Å². The number of hydrogen-bond donors (Lipinski definition) is 2. The van der Waals surface area contributed by atoms with Gasteiger partial charge in [-0.2, -0.15) is 0 Å². The van der Waals surface area contributed by atoms with Gasteiger partial charge in [0.25, 0.3) is 0 Å². The second-order valence-electron chi connectivity index (χ2n) is 3.45. The summed E-state index contributed by atoms with van der Waals surface area (Å²) in [6, 6.07) is 0. The fourth-order valence-corrected chi connectivity index (χ4v) is 0.756. The lowest BCUT2D eigenvalue weighted by atomic mass is 10.4. The topological polar surface area (TPSA) is 102 Å². The number of rotatable bonds is 6. The maximum Gasteiger partial charge on any atom is 0.303 e. The lowest BCUT2D eigenvalue weighted by Crippen LogP contribution is -2.19. The summed E-state index contributed by atoms with van der Waals surface area (Å²) in [5.74, 6) is -0.742. The Kier molecular flexibility index (Phi) is 36.3. The molecule has 0 saturated carbocycles. The van der Waals surface area contributed by atoms with Gasteiger partial charge in [0.1, 0.15) is 12.7 Å². The summed E-state index contributed by atoms with van der Waals surface area (Å²) in [4.78, 5) is 20.6. The van der Waals surface area contributed by atoms with Crippen LogP contribution in [-0.4, -0.2) is 61.3 Å². The Hall–Kier alpha value is -1.44. The highest BCUT2D eigenvalue weighted by Crippen LogP contribution is 1.92. The maximum atomic E-state index is 10.3. The summed E-state index contributed by atoms with van der Waals surface area (Å²) in [5, 5.41) is 15.2. The smallest absolute Gasteiger partial charge is 0.303 e. The summed E-state index contributed by atoms with van der Waals surface area (Å²) in [7, 11) is 0. The van der Waals surface area contributed by atoms with Crippen molar-refractivity contribution in [3.63, 3.8) is 0 Å². The summed E-state index contributed by atoms with van der Waals surface area (Å²) in [6.07, 6.45) is -0.364. The highest BCUT2D eigenvalue weighted by Gasteiger charge is 2.06. The molecule has 0 heterocycles. The van der Waals surface area contributed by atoms with Gasteiger partial charge in [0.15, 0.2) is 0 Å². The number of esters is 2. The zero-order chi connectivity index (χ0) is 18.4. The van der Waals surface area contributed by atoms with E-state index >= 15 is 0 Å². The van der Waals surface area contributed by atoms with Gasteiger partial charge in [-0.05, 0) is 20.8 Å². The molecule has 0 rings (SSSR count). The van der Waals surface area contributed by atoms with Gasteiger partial charge in [0.2, 0.25) is 0 Å². The van der Waals surface area contributed by atoms with E-state index in [1.165, 1.54) is 13.8 Å². The Bertz CT molecular complexity index is 228. The Balaban J connectivity index is -0.000000122. The monoisotopic (exact) mass is 324 g/mol. The summed E-state index contributed by atoms with van der Waals surface area (Å²) in [6.45, 7) is 15.8. The van der Waals surface area contributed by atoms with Crippen LogP contribution in [-0.2, 0) is 23.8 Å². The Morgan fingerprint density at radius 2 is 1.41 bits per heavy atom. The normalized spacial score (nSPS) is 9.41. The van der Waals surface area contributed by atoms with Gasteiger partial charge in [-0.1, -0.05) is 0 Å². The maximum absolute atomic E-state index is 10.3. The minimum atomic E-state index is -0.371. The minimum Gasteiger partial charge on any atom is -0.462 e. The van der Waals surface area contributed by atoms with Crippen LogP contribution in [0.2, 0.25) is 0 Å². The lowest BCUT2D eigenvalue weighted by Gasteiger charge is -2.10. The molecule has 0 aromatic heterocycles. The molecule has 0 amide bonds. The van der Waals surface area contributed by atoms with Gasteiger partial charge in [-0.3, -0.25) is 9.59 Å². The van der Waals surface area contributed by atoms with Crippen molar-refractivity contribution < 1.29 is 34.0 Å². The highest BCUT2D eigenvalue weighted by atomic mass is 16.6. The van der Waals surface area contributed by atoms with E-state index in [1.807, 2.05) is 13.8 Å². The zero-order valence-electron chi connectivity index (χ0n) is 14.5. The quantitative estimate of drug-likeness (QED) is 0.561. The summed E-state index contributed by atoms with van der Waals surface area (Å²) < 4.78 is 14.1. The van der Waals surface area contributed by atoms with Crippen LogP contribution in [0.4, 0.5) is 0 Å². The molecule has 0 bridgehead atoms. The number of carbonyl (C=O) groups excluding carboxylic acids is 2. The number of ether oxygens (including phenoxy) is 3. The predicted octanol–water partition coefficient (Wildman–Crippen LogP) is 1.32. The van der Waals surface area contributed by atoms with Crippen LogP contribution in [0.1, 0.15) is 34.6 Å². The molecule has 22 heavy (non-hydrogen) atoms. The minimum absolute atomic E-state index is 0.120. The number of hydrogen-bond acceptors (Lipinski definition) is 7. The molecule has 0 spiro atoms. The molecule has 7 nitrogen and oxygen atoms in total. The molecule has 0 aromatic rings. The molecule has 134 valence electrons. The molecule has 0 aromatic carbocycles. The van der Waals surface area contributed by atoms with Crippen LogP contribution in [0.25, 0.3) is 0 Å². The zero-order valence-corrected chi connectivity index (χ0v) is 14.5. The van der Waals surface area contributed by atoms with Crippen LogP contribution in [0.3, 0.4) is 0 Å². The number of aliphatic hydroxyl groups is 2. The van der Waals surface area contributed by atoms with Crippen LogP contribution in [0, 0.1) is 0 Å². The number of aliphatic hydroxyl groups excluding tert-OH is 2. The second-order valence-corrected chi connectivity index (χ2v) is 3.45. The van der Waals surface area contributed by atoms with E-state index in [9.17, 15) is 9.59 Å². The predicted molar refractivity (Wildman–Crippen MR) is 85.5 cm³/mol. The van der Waals surface area contributed by atoms with Crippen molar-refractivity contribution in [3.05, 3.63) is 13.2 Å². The van der Waals surface area contributed by atoms with E-state index in [0.29, 0.717) is 0 Å². The largest absolute Gasteiger partial charge is 0.462 e. The van der Waals surface area contributed by atoms with Crippen molar-refractivity contribution in [1.82, 2.24) is 0 Å². The standard InChI is InChI=1S/C7H12O4.C4H10O.C2H6O2.C2H4/c1-5(11-7(3)9)4-10-6(2)8;1-3-5-4-2;3-1-2-4;1-2/h5H,4H2,1-3H3;3-4H2,1-2H3;3-4H,1-2H2;1-2H2. The van der Waals surface area contributed by atoms with Crippen molar-refractivity contribution in [2.75, 3.05) is 33.0 Å². The molecule has 2 N–H and O–H groups in total. The molecule has 0 radical (unpaired) electrons. The highest BCUT2D eigenvalue weighted by molar-refractivity contribution is 5.67. The first-order valence-electron chi connectivity index (χ1n) is 6.95. The van der Waals surface area contributed by atoms with Crippen LogP contribution >= 0.6 is 0 Å². The average Bonchev–Trinajstić information content (AvgIpc) is 2.48. The van der Waals surface area contributed by atoms with Gasteiger partial charge >= 0.3 is 11.9 Å². The van der Waals surface area contributed by atoms with E-state index in [1.54, 1.807) is 6.92 Å². The van der Waals surface area contributed by atoms with Crippen molar-refractivity contribution in [2.24, 2.45) is 0 Å². The molecular formula is C15H32O7. The van der Waals surface area contributed by atoms with Gasteiger partial charge < -0.3 is 24.4 Å². The molecule has 0 fully saturated rings. The molecule has 1 atom stereocenters. The first kappa shape index (κ1) is 28.7. The second kappa shape index (κ2) is 27.8. The third-order valence-corrected chi connectivity index (χ3v) is 1.40. The van der Waals surface area contributed by atoms with E-state index < -0.39 is 0 Å². The third-order valence-electron chi connectivity index (χ3n) is 1.40. The Morgan fingerprint density at radius 1 is 1.00 bits per heavy atom. The van der Waals surface area contributed by atoms with Crippen molar-refractivity contribution >= 4 is 11.9 Å². The van der Waals surface area contributed by atoms with E-state index in [0.717, 1.165) is 13.2 Å². The molecule has 0 aliphatic carbocycles. The lowest BCUT2D eigenvalue weighted by molar-refractivity contribution is -0.155. The molecule has 0 aliphatic rings. The van der Waals surface area contributed by atoms with E-state index in [4.69, 9.17) is 14.9 Å². The van der Waals surface area contributed by atoms with E-state index in [2.05, 4.69) is 22.6 Å². The van der Waals surface area contributed by atoms with Crippen LogP contribution in [0.15, 0.2) is 13.2 Å². The van der Waals surface area contributed by atoms with Gasteiger partial charge in [-0.15, -0.1) is 13.2 Å². The van der Waals surface area contributed by atoms with Crippen LogP contribution in [0.5, 0.6) is 0 Å². The third kappa shape index (κ3) is 51.3. The summed E-state index contributed by atoms with van der Waals surface area (Å²) in [5.41, 5.74) is 0.